The van der Waals surface area contributed by atoms with Gasteiger partial charge in [0.15, 0.2) is 5.11 Å². The van der Waals surface area contributed by atoms with Crippen molar-refractivity contribution in [2.45, 2.75) is 31.9 Å². The summed E-state index contributed by atoms with van der Waals surface area (Å²) in [7, 11) is 2.95. The molecule has 1 aliphatic heterocycles. The minimum Gasteiger partial charge on any atom is -0.497 e. The molecular formula is C21H23ClN2O4S. The fourth-order valence-corrected chi connectivity index (χ4v) is 3.69. The molecular weight excluding hydrogens is 412 g/mol. The number of benzene rings is 2. The van der Waals surface area contributed by atoms with E-state index in [2.05, 4.69) is 10.6 Å². The number of carbonyl (C=O) groups excluding carboxylic acids is 1. The van der Waals surface area contributed by atoms with Gasteiger partial charge in [-0.3, -0.25) is 0 Å². The van der Waals surface area contributed by atoms with Crippen molar-refractivity contribution in [3.63, 3.8) is 0 Å². The van der Waals surface area contributed by atoms with Gasteiger partial charge in [0.25, 0.3) is 0 Å². The number of ether oxygens (including phenoxy) is 3. The maximum absolute atomic E-state index is 11.8. The molecule has 8 heteroatoms. The van der Waals surface area contributed by atoms with Crippen LogP contribution in [0.15, 0.2) is 36.4 Å². The van der Waals surface area contributed by atoms with Crippen molar-refractivity contribution in [3.8, 4) is 11.5 Å². The third-order valence-electron chi connectivity index (χ3n) is 4.62. The van der Waals surface area contributed by atoms with Gasteiger partial charge in [-0.25, -0.2) is 4.79 Å². The number of rotatable bonds is 4. The Kier molecular flexibility index (Phi) is 6.19. The van der Waals surface area contributed by atoms with E-state index in [1.165, 1.54) is 7.11 Å². The number of carbonyl (C=O) groups is 1. The topological polar surface area (TPSA) is 68.8 Å². The molecule has 0 unspecified atom stereocenters. The maximum atomic E-state index is 11.8. The van der Waals surface area contributed by atoms with E-state index in [0.717, 1.165) is 17.1 Å². The second-order valence-corrected chi connectivity index (χ2v) is 8.12. The van der Waals surface area contributed by atoms with Gasteiger partial charge < -0.3 is 24.8 Å². The number of hydrogen-bond acceptors (Lipinski definition) is 5. The summed E-state index contributed by atoms with van der Waals surface area (Å²) in [5.74, 6) is 1.04. The molecule has 6 nitrogen and oxygen atoms in total. The highest BCUT2D eigenvalue weighted by molar-refractivity contribution is 7.80. The van der Waals surface area contributed by atoms with Crippen LogP contribution in [0, 0.1) is 0 Å². The molecule has 3 rings (SSSR count). The van der Waals surface area contributed by atoms with E-state index in [4.69, 9.17) is 38.0 Å². The summed E-state index contributed by atoms with van der Waals surface area (Å²) < 4.78 is 16.2. The molecule has 2 aromatic carbocycles. The molecule has 0 aliphatic carbocycles. The van der Waals surface area contributed by atoms with Crippen LogP contribution in [-0.2, 0) is 4.74 Å². The minimum absolute atomic E-state index is 0.0674. The van der Waals surface area contributed by atoms with E-state index in [1.807, 2.05) is 32.0 Å². The molecule has 0 spiro atoms. The Morgan fingerprint density at radius 1 is 1.24 bits per heavy atom. The van der Waals surface area contributed by atoms with E-state index < -0.39 is 5.97 Å². The number of esters is 1. The number of methoxy groups -OCH3 is 2. The van der Waals surface area contributed by atoms with Crippen molar-refractivity contribution in [1.82, 2.24) is 5.32 Å². The molecule has 2 aromatic rings. The highest BCUT2D eigenvalue weighted by Crippen LogP contribution is 2.41. The first-order valence-corrected chi connectivity index (χ1v) is 9.83. The molecule has 0 fully saturated rings. The van der Waals surface area contributed by atoms with Gasteiger partial charge in [-0.15, -0.1) is 0 Å². The van der Waals surface area contributed by atoms with E-state index in [0.29, 0.717) is 27.8 Å². The molecule has 0 amide bonds. The van der Waals surface area contributed by atoms with Crippen LogP contribution in [0.3, 0.4) is 0 Å². The SMILES string of the molecule is COC(=O)c1ccc(Cl)c(NC(=S)N[C@@H]2CC(C)(C)Oc3cc(OC)ccc32)c1. The predicted molar refractivity (Wildman–Crippen MR) is 117 cm³/mol. The summed E-state index contributed by atoms with van der Waals surface area (Å²) >= 11 is 11.8. The van der Waals surface area contributed by atoms with Crippen molar-refractivity contribution in [2.24, 2.45) is 0 Å². The fourth-order valence-electron chi connectivity index (χ4n) is 3.27. The molecule has 0 bridgehead atoms. The Hall–Kier alpha value is -2.51. The molecule has 0 radical (unpaired) electrons. The highest BCUT2D eigenvalue weighted by Gasteiger charge is 2.34. The van der Waals surface area contributed by atoms with Gasteiger partial charge in [-0.05, 0) is 56.4 Å². The Balaban J connectivity index is 1.80. The first-order chi connectivity index (χ1) is 13.7. The minimum atomic E-state index is -0.447. The van der Waals surface area contributed by atoms with Crippen LogP contribution in [0.1, 0.15) is 42.2 Å². The Morgan fingerprint density at radius 3 is 2.69 bits per heavy atom. The Bertz CT molecular complexity index is 948. The van der Waals surface area contributed by atoms with E-state index in [-0.39, 0.29) is 11.6 Å². The van der Waals surface area contributed by atoms with Crippen LogP contribution in [0.25, 0.3) is 0 Å². The molecule has 1 aliphatic rings. The predicted octanol–water partition coefficient (Wildman–Crippen LogP) is 4.72. The standard InChI is InChI=1S/C21H23ClN2O4S/c1-21(2)11-17(14-7-6-13(26-3)10-18(14)28-21)24-20(29)23-16-9-12(19(25)27-4)5-8-15(16)22/h5-10,17H,11H2,1-4H3,(H2,23,24,29)/t17-/m1/s1. The largest absolute Gasteiger partial charge is 0.497 e. The lowest BCUT2D eigenvalue weighted by atomic mass is 9.89. The van der Waals surface area contributed by atoms with Gasteiger partial charge in [0.2, 0.25) is 0 Å². The molecule has 29 heavy (non-hydrogen) atoms. The van der Waals surface area contributed by atoms with Crippen LogP contribution >= 0.6 is 23.8 Å². The smallest absolute Gasteiger partial charge is 0.337 e. The van der Waals surface area contributed by atoms with Crippen LogP contribution in [-0.4, -0.2) is 30.9 Å². The molecule has 0 saturated carbocycles. The third-order valence-corrected chi connectivity index (χ3v) is 5.17. The third kappa shape index (κ3) is 4.92. The number of nitrogens with one attached hydrogen (secondary N) is 2. The van der Waals surface area contributed by atoms with Crippen LogP contribution in [0.5, 0.6) is 11.5 Å². The quantitative estimate of drug-likeness (QED) is 0.532. The monoisotopic (exact) mass is 434 g/mol. The number of hydrogen-bond donors (Lipinski definition) is 2. The normalized spacial score (nSPS) is 16.8. The van der Waals surface area contributed by atoms with Crippen molar-refractivity contribution in [1.29, 1.82) is 0 Å². The summed E-state index contributed by atoms with van der Waals surface area (Å²) in [5, 5.41) is 7.24. The molecule has 1 heterocycles. The van der Waals surface area contributed by atoms with Crippen molar-refractivity contribution >= 4 is 40.6 Å². The lowest BCUT2D eigenvalue weighted by Crippen LogP contribution is -2.42. The number of halogens is 1. The second-order valence-electron chi connectivity index (χ2n) is 7.31. The lowest BCUT2D eigenvalue weighted by Gasteiger charge is -2.38. The van der Waals surface area contributed by atoms with Crippen molar-refractivity contribution in [2.75, 3.05) is 19.5 Å². The number of fused-ring (bicyclic) bond motifs is 1. The molecule has 154 valence electrons. The molecule has 1 atom stereocenters. The molecule has 2 N–H and O–H groups in total. The van der Waals surface area contributed by atoms with Crippen molar-refractivity contribution < 1.29 is 19.0 Å². The first-order valence-electron chi connectivity index (χ1n) is 9.05. The number of thiocarbonyl (C=S) groups is 1. The van der Waals surface area contributed by atoms with Gasteiger partial charge in [0.1, 0.15) is 17.1 Å². The van der Waals surface area contributed by atoms with E-state index >= 15 is 0 Å². The second kappa shape index (κ2) is 8.47. The van der Waals surface area contributed by atoms with Gasteiger partial charge in [0.05, 0.1) is 36.5 Å². The zero-order chi connectivity index (χ0) is 21.2. The fraction of sp³-hybridized carbons (Fsp3) is 0.333. The molecule has 0 saturated heterocycles. The first kappa shape index (κ1) is 21.2. The van der Waals surface area contributed by atoms with Crippen LogP contribution in [0.4, 0.5) is 5.69 Å². The summed E-state index contributed by atoms with van der Waals surface area (Å²) in [6.07, 6.45) is 0.712. The summed E-state index contributed by atoms with van der Waals surface area (Å²) in [6.45, 7) is 4.05. The highest BCUT2D eigenvalue weighted by atomic mass is 35.5. The average Bonchev–Trinajstić information content (AvgIpc) is 2.67. The summed E-state index contributed by atoms with van der Waals surface area (Å²) in [4.78, 5) is 11.8. The van der Waals surface area contributed by atoms with E-state index in [1.54, 1.807) is 25.3 Å². The van der Waals surface area contributed by atoms with Gasteiger partial charge >= 0.3 is 5.97 Å². The van der Waals surface area contributed by atoms with Crippen LogP contribution < -0.4 is 20.1 Å². The van der Waals surface area contributed by atoms with Crippen LogP contribution in [0.2, 0.25) is 5.02 Å². The van der Waals surface area contributed by atoms with Gasteiger partial charge in [-0.2, -0.15) is 0 Å². The summed E-state index contributed by atoms with van der Waals surface area (Å²) in [6, 6.07) is 10.5. The van der Waals surface area contributed by atoms with E-state index in [9.17, 15) is 4.79 Å². The van der Waals surface area contributed by atoms with Gasteiger partial charge in [-0.1, -0.05) is 11.6 Å². The van der Waals surface area contributed by atoms with Crippen molar-refractivity contribution in [3.05, 3.63) is 52.5 Å². The lowest BCUT2D eigenvalue weighted by molar-refractivity contribution is 0.0600. The Labute approximate surface area is 180 Å². The van der Waals surface area contributed by atoms with Gasteiger partial charge in [0, 0.05) is 18.1 Å². The summed E-state index contributed by atoms with van der Waals surface area (Å²) in [5.41, 5.74) is 1.51. The number of anilines is 1. The average molecular weight is 435 g/mol. The zero-order valence-electron chi connectivity index (χ0n) is 16.7. The Morgan fingerprint density at radius 2 is 2.00 bits per heavy atom. The maximum Gasteiger partial charge on any atom is 0.337 e. The molecule has 0 aromatic heterocycles. The zero-order valence-corrected chi connectivity index (χ0v) is 18.2.